The van der Waals surface area contributed by atoms with Crippen molar-refractivity contribution in [3.63, 3.8) is 0 Å². The maximum atomic E-state index is 9.82. The van der Waals surface area contributed by atoms with Gasteiger partial charge in [0.15, 0.2) is 11.5 Å². The fraction of sp³-hybridized carbons (Fsp3) is 0.250. The zero-order chi connectivity index (χ0) is 11.0. The van der Waals surface area contributed by atoms with Crippen molar-refractivity contribution in [1.82, 2.24) is 0 Å². The number of aromatic hydroxyl groups is 2. The standard InChI is InChI=1S/C6H6O2.C2H6BO3.Na/c7-5-3-1-2-4-6(5)8;1-5-3(4)6-2;/h1-4,7-8H;1-2H3;/q;-1;+1. The van der Waals surface area contributed by atoms with E-state index in [9.17, 15) is 5.02 Å². The van der Waals surface area contributed by atoms with Crippen LogP contribution in [0.25, 0.3) is 0 Å². The maximum absolute atomic E-state index is 9.82. The van der Waals surface area contributed by atoms with E-state index in [-0.39, 0.29) is 41.1 Å². The molecule has 0 amide bonds. The number of phenols is 2. The van der Waals surface area contributed by atoms with Crippen molar-refractivity contribution in [3.8, 4) is 11.5 Å². The second kappa shape index (κ2) is 10.3. The first-order valence-corrected chi connectivity index (χ1v) is 3.80. The van der Waals surface area contributed by atoms with E-state index in [1.54, 1.807) is 12.1 Å². The zero-order valence-corrected chi connectivity index (χ0v) is 11.0. The molecule has 0 fully saturated rings. The minimum atomic E-state index is -1.31. The largest absolute Gasteiger partial charge is 1.00 e. The molecule has 5 nitrogen and oxygen atoms in total. The molecule has 0 heterocycles. The molecule has 0 spiro atoms. The van der Waals surface area contributed by atoms with E-state index in [4.69, 9.17) is 10.2 Å². The van der Waals surface area contributed by atoms with Crippen molar-refractivity contribution >= 4 is 7.32 Å². The summed E-state index contributed by atoms with van der Waals surface area (Å²) in [5, 5.41) is 27.2. The molecule has 0 bridgehead atoms. The summed E-state index contributed by atoms with van der Waals surface area (Å²) in [5.41, 5.74) is 0. The van der Waals surface area contributed by atoms with Gasteiger partial charge in [0.2, 0.25) is 0 Å². The van der Waals surface area contributed by atoms with Gasteiger partial charge in [-0.2, -0.15) is 0 Å². The molecule has 0 radical (unpaired) electrons. The molecule has 7 heteroatoms. The molecular formula is C8H12BNaO5. The molecule has 0 aliphatic carbocycles. The first-order valence-electron chi connectivity index (χ1n) is 3.80. The van der Waals surface area contributed by atoms with Gasteiger partial charge in [0.25, 0.3) is 0 Å². The third-order valence-electron chi connectivity index (χ3n) is 1.27. The Morgan fingerprint density at radius 2 is 1.40 bits per heavy atom. The number of hydrogen-bond acceptors (Lipinski definition) is 5. The van der Waals surface area contributed by atoms with Gasteiger partial charge in [0.1, 0.15) is 0 Å². The summed E-state index contributed by atoms with van der Waals surface area (Å²) >= 11 is 0. The van der Waals surface area contributed by atoms with Crippen LogP contribution in [0.3, 0.4) is 0 Å². The van der Waals surface area contributed by atoms with Crippen LogP contribution in [0.1, 0.15) is 0 Å². The van der Waals surface area contributed by atoms with E-state index < -0.39 is 7.32 Å². The predicted molar refractivity (Wildman–Crippen MR) is 49.5 cm³/mol. The van der Waals surface area contributed by atoms with E-state index >= 15 is 0 Å². The summed E-state index contributed by atoms with van der Waals surface area (Å²) < 4.78 is 8.24. The van der Waals surface area contributed by atoms with Crippen molar-refractivity contribution < 1.29 is 54.1 Å². The Labute approximate surface area is 111 Å². The summed E-state index contributed by atoms with van der Waals surface area (Å²) in [5.74, 6) is -0.153. The summed E-state index contributed by atoms with van der Waals surface area (Å²) in [6, 6.07) is 6.15. The molecule has 1 rings (SSSR count). The molecule has 2 N–H and O–H groups in total. The smallest absolute Gasteiger partial charge is 0.832 e. The fourth-order valence-corrected chi connectivity index (χ4v) is 0.560. The second-order valence-electron chi connectivity index (χ2n) is 2.25. The van der Waals surface area contributed by atoms with Gasteiger partial charge in [-0.3, -0.25) is 0 Å². The molecule has 15 heavy (non-hydrogen) atoms. The molecule has 0 aromatic heterocycles. The van der Waals surface area contributed by atoms with Crippen molar-refractivity contribution in [2.75, 3.05) is 14.2 Å². The van der Waals surface area contributed by atoms with Crippen LogP contribution in [0.15, 0.2) is 24.3 Å². The summed E-state index contributed by atoms with van der Waals surface area (Å²) in [6.45, 7) is 0. The molecule has 78 valence electrons. The molecule has 0 unspecified atom stereocenters. The number of rotatable bonds is 2. The molecule has 0 saturated carbocycles. The molecule has 0 aliphatic rings. The average molecular weight is 222 g/mol. The number of phenolic OH excluding ortho intramolecular Hbond substituents is 2. The van der Waals surface area contributed by atoms with Crippen LogP contribution in [0.5, 0.6) is 11.5 Å². The van der Waals surface area contributed by atoms with Gasteiger partial charge in [0, 0.05) is 14.2 Å². The first-order chi connectivity index (χ1) is 6.61. The Morgan fingerprint density at radius 3 is 1.53 bits per heavy atom. The van der Waals surface area contributed by atoms with E-state index in [2.05, 4.69) is 9.31 Å². The molecule has 1 aromatic carbocycles. The molecular weight excluding hydrogens is 210 g/mol. The Bertz CT molecular complexity index is 236. The normalized spacial score (nSPS) is 8.20. The number of hydrogen-bond donors (Lipinski definition) is 2. The molecule has 0 aliphatic heterocycles. The van der Waals surface area contributed by atoms with Gasteiger partial charge in [-0.25, -0.2) is 0 Å². The Kier molecular flexibility index (Phi) is 11.8. The number of para-hydroxylation sites is 2. The Hall–Kier alpha value is -0.235. The maximum Gasteiger partial charge on any atom is 1.00 e. The Balaban J connectivity index is 0. The van der Waals surface area contributed by atoms with Crippen LogP contribution in [0.4, 0.5) is 0 Å². The van der Waals surface area contributed by atoms with Gasteiger partial charge >= 0.3 is 36.9 Å². The van der Waals surface area contributed by atoms with Gasteiger partial charge in [-0.15, -0.1) is 0 Å². The third-order valence-corrected chi connectivity index (χ3v) is 1.27. The van der Waals surface area contributed by atoms with Crippen LogP contribution < -0.4 is 34.6 Å². The van der Waals surface area contributed by atoms with E-state index in [0.29, 0.717) is 0 Å². The van der Waals surface area contributed by atoms with Crippen LogP contribution in [0, 0.1) is 0 Å². The predicted octanol–water partition coefficient (Wildman–Crippen LogP) is -3.27. The summed E-state index contributed by atoms with van der Waals surface area (Å²) in [6.07, 6.45) is 0. The van der Waals surface area contributed by atoms with Crippen LogP contribution in [-0.4, -0.2) is 31.8 Å². The average Bonchev–Trinajstić information content (AvgIpc) is 2.22. The van der Waals surface area contributed by atoms with E-state index in [1.165, 1.54) is 26.4 Å². The van der Waals surface area contributed by atoms with Gasteiger partial charge < -0.3 is 24.5 Å². The summed E-state index contributed by atoms with van der Waals surface area (Å²) in [7, 11) is 1.27. The van der Waals surface area contributed by atoms with Crippen LogP contribution in [-0.2, 0) is 9.31 Å². The second-order valence-corrected chi connectivity index (χ2v) is 2.25. The minimum Gasteiger partial charge on any atom is -0.832 e. The first kappa shape index (κ1) is 17.2. The number of benzene rings is 1. The topological polar surface area (TPSA) is 82.0 Å². The zero-order valence-electron chi connectivity index (χ0n) is 9.01. The molecule has 0 saturated heterocycles. The van der Waals surface area contributed by atoms with Gasteiger partial charge in [0.05, 0.1) is 0 Å². The fourth-order valence-electron chi connectivity index (χ4n) is 0.560. The van der Waals surface area contributed by atoms with Crippen molar-refractivity contribution in [2.45, 2.75) is 0 Å². The quantitative estimate of drug-likeness (QED) is 0.405. The SMILES string of the molecule is COB([O-])OC.Oc1ccccc1O.[Na+]. The summed E-state index contributed by atoms with van der Waals surface area (Å²) in [4.78, 5) is 0. The van der Waals surface area contributed by atoms with Crippen LogP contribution >= 0.6 is 0 Å². The van der Waals surface area contributed by atoms with Crippen molar-refractivity contribution in [3.05, 3.63) is 24.3 Å². The van der Waals surface area contributed by atoms with Crippen molar-refractivity contribution in [2.24, 2.45) is 0 Å². The molecule has 0 atom stereocenters. The monoisotopic (exact) mass is 222 g/mol. The van der Waals surface area contributed by atoms with Gasteiger partial charge in [-0.05, 0) is 12.1 Å². The Morgan fingerprint density at radius 1 is 1.07 bits per heavy atom. The minimum absolute atomic E-state index is 0. The van der Waals surface area contributed by atoms with E-state index in [1.807, 2.05) is 0 Å². The van der Waals surface area contributed by atoms with Crippen molar-refractivity contribution in [1.29, 1.82) is 0 Å². The van der Waals surface area contributed by atoms with Gasteiger partial charge in [-0.1, -0.05) is 12.1 Å². The molecule has 1 aromatic rings. The van der Waals surface area contributed by atoms with Crippen LogP contribution in [0.2, 0.25) is 0 Å². The van der Waals surface area contributed by atoms with E-state index in [0.717, 1.165) is 0 Å². The third kappa shape index (κ3) is 8.74.